The molecule has 41 heavy (non-hydrogen) atoms. The Morgan fingerprint density at radius 2 is 1.93 bits per heavy atom. The summed E-state index contributed by atoms with van der Waals surface area (Å²) in [7, 11) is 3.63. The molecule has 1 unspecified atom stereocenters. The number of pyridine rings is 1. The van der Waals surface area contributed by atoms with E-state index >= 15 is 0 Å². The molecule has 4 aromatic rings. The lowest BCUT2D eigenvalue weighted by molar-refractivity contribution is -0.105. The standard InChI is InChI=1S/C16H17ClN4.C10H14N2O.C5H8N2/c1-10-5-3-4-6-11(10)16(20-2)21-14-8-7-13(19)12(9-18)15(14)17;1-3-8(2)9-4-10(12-7-13)6-11-5-9;1-5-3-6-7(2)4-5/h3-9,18H,19H2,1-2H3,(H,20,21);4-8H,3H2,1-2H3,(H,12,13);3-4H,1-2H3. The van der Waals surface area contributed by atoms with Crippen LogP contribution in [0.25, 0.3) is 0 Å². The monoisotopic (exact) mass is 574 g/mol. The van der Waals surface area contributed by atoms with Crippen molar-refractivity contribution in [2.45, 2.75) is 40.0 Å². The first-order valence-electron chi connectivity index (χ1n) is 13.1. The number of carbonyl (C=O) groups excluding carboxylic acids is 1. The highest BCUT2D eigenvalue weighted by Crippen LogP contribution is 2.29. The van der Waals surface area contributed by atoms with E-state index in [0.717, 1.165) is 40.8 Å². The van der Waals surface area contributed by atoms with Crippen molar-refractivity contribution in [3.05, 3.63) is 100 Å². The van der Waals surface area contributed by atoms with Crippen LogP contribution in [0.1, 0.15) is 54.0 Å². The highest BCUT2D eigenvalue weighted by molar-refractivity contribution is 6.37. The molecule has 1 amide bonds. The molecular formula is C31H39ClN8O. The van der Waals surface area contributed by atoms with Gasteiger partial charge in [0.05, 0.1) is 28.8 Å². The number of hydrogen-bond donors (Lipinski definition) is 4. The summed E-state index contributed by atoms with van der Waals surface area (Å²) in [5.74, 6) is 1.21. The number of hydrogen-bond acceptors (Lipinski definition) is 6. The Bertz CT molecular complexity index is 1450. The van der Waals surface area contributed by atoms with Crippen LogP contribution in [0.15, 0.2) is 72.2 Å². The zero-order chi connectivity index (χ0) is 30.4. The predicted octanol–water partition coefficient (Wildman–Crippen LogP) is 6.61. The van der Waals surface area contributed by atoms with Gasteiger partial charge in [0.2, 0.25) is 6.41 Å². The molecule has 2 aromatic heterocycles. The minimum absolute atomic E-state index is 0.416. The Kier molecular flexibility index (Phi) is 13.2. The van der Waals surface area contributed by atoms with Gasteiger partial charge in [-0.05, 0) is 61.1 Å². The lowest BCUT2D eigenvalue weighted by Gasteiger charge is -2.15. The maximum Gasteiger partial charge on any atom is 0.211 e. The summed E-state index contributed by atoms with van der Waals surface area (Å²) < 4.78 is 1.79. The number of rotatable bonds is 7. The van der Waals surface area contributed by atoms with Crippen molar-refractivity contribution < 1.29 is 4.79 Å². The SMILES string of the molecule is CCC(C)c1cncc(NC=O)c1.CN=C(Nc1ccc(N)c(C=N)c1Cl)c1ccccc1C.Cc1cnn(C)c1. The molecule has 216 valence electrons. The van der Waals surface area contributed by atoms with Crippen molar-refractivity contribution in [2.75, 3.05) is 23.4 Å². The summed E-state index contributed by atoms with van der Waals surface area (Å²) in [6.07, 6.45) is 10.2. The normalized spacial score (nSPS) is 11.2. The molecule has 0 aliphatic carbocycles. The van der Waals surface area contributed by atoms with E-state index < -0.39 is 0 Å². The Labute approximate surface area is 247 Å². The average Bonchev–Trinajstić information content (AvgIpc) is 3.36. The van der Waals surface area contributed by atoms with Gasteiger partial charge in [0, 0.05) is 49.5 Å². The summed E-state index contributed by atoms with van der Waals surface area (Å²) in [4.78, 5) is 18.5. The number of amidine groups is 1. The number of aliphatic imine (C=N–C) groups is 1. The van der Waals surface area contributed by atoms with Crippen molar-refractivity contribution in [1.82, 2.24) is 14.8 Å². The highest BCUT2D eigenvalue weighted by atomic mass is 35.5. The Morgan fingerprint density at radius 3 is 2.46 bits per heavy atom. The van der Waals surface area contributed by atoms with Crippen molar-refractivity contribution in [1.29, 1.82) is 5.41 Å². The fourth-order valence-electron chi connectivity index (χ4n) is 3.71. The molecule has 0 bridgehead atoms. The Hall–Kier alpha value is -4.50. The molecule has 2 heterocycles. The Balaban J connectivity index is 0.000000248. The molecule has 0 aliphatic rings. The topological polar surface area (TPSA) is 134 Å². The van der Waals surface area contributed by atoms with Crippen molar-refractivity contribution in [2.24, 2.45) is 12.0 Å². The fourth-order valence-corrected chi connectivity index (χ4v) is 3.99. The van der Waals surface area contributed by atoms with E-state index in [9.17, 15) is 4.79 Å². The molecule has 9 nitrogen and oxygen atoms in total. The van der Waals surface area contributed by atoms with Crippen LogP contribution < -0.4 is 16.4 Å². The zero-order valence-electron chi connectivity index (χ0n) is 24.4. The third kappa shape index (κ3) is 9.88. The lowest BCUT2D eigenvalue weighted by atomic mass is 10.0. The first kappa shape index (κ1) is 32.7. The minimum atomic E-state index is 0.416. The number of nitrogens with zero attached hydrogens (tertiary/aromatic N) is 4. The van der Waals surface area contributed by atoms with E-state index in [1.807, 2.05) is 69.8 Å². The number of nitrogens with two attached hydrogens (primary N) is 1. The van der Waals surface area contributed by atoms with Crippen LogP contribution in [0.2, 0.25) is 5.02 Å². The number of benzene rings is 2. The van der Waals surface area contributed by atoms with Gasteiger partial charge in [0.1, 0.15) is 5.84 Å². The number of aryl methyl sites for hydroxylation is 3. The van der Waals surface area contributed by atoms with E-state index in [1.165, 1.54) is 5.56 Å². The van der Waals surface area contributed by atoms with Crippen LogP contribution in [-0.2, 0) is 11.8 Å². The largest absolute Gasteiger partial charge is 0.398 e. The van der Waals surface area contributed by atoms with E-state index in [4.69, 9.17) is 22.7 Å². The van der Waals surface area contributed by atoms with E-state index in [1.54, 1.807) is 30.1 Å². The molecule has 0 radical (unpaired) electrons. The van der Waals surface area contributed by atoms with Gasteiger partial charge in [0.15, 0.2) is 0 Å². The van der Waals surface area contributed by atoms with Crippen LogP contribution in [-0.4, -0.2) is 40.3 Å². The second-order valence-electron chi connectivity index (χ2n) is 9.36. The summed E-state index contributed by atoms with van der Waals surface area (Å²) in [6, 6.07) is 13.4. The van der Waals surface area contributed by atoms with Crippen LogP contribution in [0.4, 0.5) is 17.1 Å². The maximum atomic E-state index is 10.2. The van der Waals surface area contributed by atoms with Gasteiger partial charge in [-0.25, -0.2) is 0 Å². The van der Waals surface area contributed by atoms with Gasteiger partial charge in [-0.3, -0.25) is 19.5 Å². The second kappa shape index (κ2) is 16.6. The molecule has 2 aromatic carbocycles. The minimum Gasteiger partial charge on any atom is -0.398 e. The van der Waals surface area contributed by atoms with E-state index in [2.05, 4.69) is 39.6 Å². The van der Waals surface area contributed by atoms with Gasteiger partial charge in [0.25, 0.3) is 0 Å². The van der Waals surface area contributed by atoms with Gasteiger partial charge < -0.3 is 21.8 Å². The van der Waals surface area contributed by atoms with Gasteiger partial charge in [-0.15, -0.1) is 0 Å². The molecule has 0 saturated carbocycles. The summed E-state index contributed by atoms with van der Waals surface area (Å²) in [6.45, 7) is 8.31. The van der Waals surface area contributed by atoms with E-state index in [-0.39, 0.29) is 0 Å². The second-order valence-corrected chi connectivity index (χ2v) is 9.73. The highest BCUT2D eigenvalue weighted by Gasteiger charge is 2.12. The third-order valence-corrected chi connectivity index (χ3v) is 6.64. The molecule has 4 rings (SSSR count). The van der Waals surface area contributed by atoms with Crippen molar-refractivity contribution in [3.63, 3.8) is 0 Å². The van der Waals surface area contributed by atoms with E-state index in [0.29, 0.717) is 34.3 Å². The number of nitrogens with one attached hydrogen (secondary N) is 3. The zero-order valence-corrected chi connectivity index (χ0v) is 25.2. The predicted molar refractivity (Wildman–Crippen MR) is 172 cm³/mol. The number of amides is 1. The van der Waals surface area contributed by atoms with Gasteiger partial charge in [-0.1, -0.05) is 49.7 Å². The van der Waals surface area contributed by atoms with Crippen LogP contribution in [0, 0.1) is 19.3 Å². The molecule has 0 aliphatic heterocycles. The lowest BCUT2D eigenvalue weighted by Crippen LogP contribution is -2.15. The van der Waals surface area contributed by atoms with Crippen LogP contribution in [0.5, 0.6) is 0 Å². The summed E-state index contributed by atoms with van der Waals surface area (Å²) in [5, 5.41) is 17.5. The first-order valence-corrected chi connectivity index (χ1v) is 13.5. The molecule has 0 fully saturated rings. The number of carbonyl (C=O) groups is 1. The molecule has 0 spiro atoms. The van der Waals surface area contributed by atoms with Crippen LogP contribution in [0.3, 0.4) is 0 Å². The Morgan fingerprint density at radius 1 is 1.20 bits per heavy atom. The smallest absolute Gasteiger partial charge is 0.211 e. The van der Waals surface area contributed by atoms with Crippen LogP contribution >= 0.6 is 11.6 Å². The molecule has 5 N–H and O–H groups in total. The number of anilines is 3. The molecular weight excluding hydrogens is 536 g/mol. The summed E-state index contributed by atoms with van der Waals surface area (Å²) in [5.41, 5.74) is 12.7. The van der Waals surface area contributed by atoms with Gasteiger partial charge >= 0.3 is 0 Å². The molecule has 1 atom stereocenters. The van der Waals surface area contributed by atoms with Crippen molar-refractivity contribution in [3.8, 4) is 0 Å². The van der Waals surface area contributed by atoms with Crippen molar-refractivity contribution >= 4 is 47.1 Å². The maximum absolute atomic E-state index is 10.2. The molecule has 0 saturated heterocycles. The third-order valence-electron chi connectivity index (χ3n) is 6.24. The first-order chi connectivity index (χ1) is 19.6. The summed E-state index contributed by atoms with van der Waals surface area (Å²) >= 11 is 6.29. The quantitative estimate of drug-likeness (QED) is 0.0852. The molecule has 10 heteroatoms. The van der Waals surface area contributed by atoms with Gasteiger partial charge in [-0.2, -0.15) is 5.10 Å². The average molecular weight is 575 g/mol. The number of halogens is 1. The number of nitrogen functional groups attached to an aromatic ring is 1. The number of aromatic nitrogens is 3. The fraction of sp³-hybridized carbons (Fsp3) is 0.258.